The Morgan fingerprint density at radius 1 is 1.30 bits per heavy atom. The Morgan fingerprint density at radius 3 is 2.55 bits per heavy atom. The number of rotatable bonds is 7. The van der Waals surface area contributed by atoms with Crippen molar-refractivity contribution >= 4 is 11.8 Å². The van der Waals surface area contributed by atoms with Crippen molar-refractivity contribution in [1.82, 2.24) is 5.32 Å². The summed E-state index contributed by atoms with van der Waals surface area (Å²) in [5.41, 5.74) is 0.365. The second kappa shape index (κ2) is 8.62. The van der Waals surface area contributed by atoms with Crippen molar-refractivity contribution in [2.75, 3.05) is 18.9 Å². The summed E-state index contributed by atoms with van der Waals surface area (Å²) in [6.45, 7) is 10.1. The van der Waals surface area contributed by atoms with Crippen LogP contribution in [0.25, 0.3) is 0 Å². The zero-order valence-corrected chi connectivity index (χ0v) is 14.4. The van der Waals surface area contributed by atoms with E-state index in [1.165, 1.54) is 19.3 Å². The van der Waals surface area contributed by atoms with E-state index in [0.29, 0.717) is 22.5 Å². The van der Waals surface area contributed by atoms with Crippen LogP contribution in [0.2, 0.25) is 0 Å². The normalized spacial score (nSPS) is 29.4. The van der Waals surface area contributed by atoms with Crippen LogP contribution in [0.1, 0.15) is 53.4 Å². The van der Waals surface area contributed by atoms with Crippen LogP contribution < -0.4 is 5.32 Å². The van der Waals surface area contributed by atoms with Gasteiger partial charge in [-0.1, -0.05) is 27.7 Å². The van der Waals surface area contributed by atoms with Gasteiger partial charge in [-0.3, -0.25) is 0 Å². The van der Waals surface area contributed by atoms with Crippen molar-refractivity contribution in [3.63, 3.8) is 0 Å². The maximum atomic E-state index is 9.59. The number of thioether (sulfide) groups is 1. The third kappa shape index (κ3) is 5.92. The van der Waals surface area contributed by atoms with E-state index in [0.717, 1.165) is 18.9 Å². The summed E-state index contributed by atoms with van der Waals surface area (Å²) < 4.78 is 0. The van der Waals surface area contributed by atoms with E-state index in [1.54, 1.807) is 0 Å². The third-order valence-corrected chi connectivity index (χ3v) is 5.91. The molecule has 3 nitrogen and oxygen atoms in total. The Balaban J connectivity index is 2.57. The molecule has 3 N–H and O–H groups in total. The molecule has 1 saturated carbocycles. The van der Waals surface area contributed by atoms with E-state index in [-0.39, 0.29) is 6.61 Å². The van der Waals surface area contributed by atoms with Crippen LogP contribution in [-0.2, 0) is 0 Å². The van der Waals surface area contributed by atoms with Crippen LogP contribution in [0.4, 0.5) is 0 Å². The summed E-state index contributed by atoms with van der Waals surface area (Å²) in [7, 11) is 0. The van der Waals surface area contributed by atoms with Gasteiger partial charge in [-0.25, -0.2) is 0 Å². The van der Waals surface area contributed by atoms with Crippen LogP contribution in [0, 0.1) is 11.3 Å². The summed E-state index contributed by atoms with van der Waals surface area (Å²) in [6.07, 6.45) is 4.32. The van der Waals surface area contributed by atoms with Crippen molar-refractivity contribution in [3.8, 4) is 0 Å². The van der Waals surface area contributed by atoms with Gasteiger partial charge in [0.05, 0.1) is 12.7 Å². The molecule has 0 aromatic carbocycles. The fourth-order valence-electron chi connectivity index (χ4n) is 2.95. The minimum Gasteiger partial charge on any atom is -0.394 e. The van der Waals surface area contributed by atoms with E-state index in [1.807, 2.05) is 11.8 Å². The Morgan fingerprint density at radius 2 is 2.00 bits per heavy atom. The highest BCUT2D eigenvalue weighted by Gasteiger charge is 2.35. The van der Waals surface area contributed by atoms with Gasteiger partial charge in [0.1, 0.15) is 0 Å². The number of nitrogens with one attached hydrogen (secondary N) is 1. The molecular weight excluding hydrogens is 270 g/mol. The lowest BCUT2D eigenvalue weighted by Crippen LogP contribution is -2.45. The van der Waals surface area contributed by atoms with E-state index >= 15 is 0 Å². The molecule has 1 aliphatic rings. The Bertz CT molecular complexity index is 268. The monoisotopic (exact) mass is 303 g/mol. The molecule has 4 heteroatoms. The first-order chi connectivity index (χ1) is 9.38. The summed E-state index contributed by atoms with van der Waals surface area (Å²) in [4.78, 5) is 0. The molecule has 0 radical (unpaired) electrons. The highest BCUT2D eigenvalue weighted by molar-refractivity contribution is 8.00. The Labute approximate surface area is 128 Å². The second-order valence-corrected chi connectivity index (χ2v) is 8.42. The van der Waals surface area contributed by atoms with Crippen molar-refractivity contribution in [2.45, 2.75) is 70.8 Å². The fraction of sp³-hybridized carbons (Fsp3) is 1.00. The fourth-order valence-corrected chi connectivity index (χ4v) is 4.36. The molecule has 0 aromatic rings. The quantitative estimate of drug-likeness (QED) is 0.677. The van der Waals surface area contributed by atoms with Crippen molar-refractivity contribution in [2.24, 2.45) is 11.3 Å². The minimum absolute atomic E-state index is 0.129. The zero-order valence-electron chi connectivity index (χ0n) is 13.6. The smallest absolute Gasteiger partial charge is 0.0861 e. The lowest BCUT2D eigenvalue weighted by molar-refractivity contribution is 0.113. The average molecular weight is 304 g/mol. The largest absolute Gasteiger partial charge is 0.394 e. The molecule has 0 aromatic heterocycles. The van der Waals surface area contributed by atoms with Gasteiger partial charge in [0.25, 0.3) is 0 Å². The first kappa shape index (κ1) is 18.3. The number of hydrogen-bond acceptors (Lipinski definition) is 4. The van der Waals surface area contributed by atoms with E-state index in [2.05, 4.69) is 33.0 Å². The van der Waals surface area contributed by atoms with Crippen LogP contribution in [0.5, 0.6) is 0 Å². The van der Waals surface area contributed by atoms with E-state index in [9.17, 15) is 5.11 Å². The SMILES string of the molecule is CCCNC1CCC(C(C)(C)C)CC1SCC(O)CO. The van der Waals surface area contributed by atoms with Crippen molar-refractivity contribution < 1.29 is 10.2 Å². The highest BCUT2D eigenvalue weighted by Crippen LogP contribution is 2.41. The molecule has 4 atom stereocenters. The topological polar surface area (TPSA) is 52.5 Å². The highest BCUT2D eigenvalue weighted by atomic mass is 32.2. The van der Waals surface area contributed by atoms with Crippen LogP contribution in [0.15, 0.2) is 0 Å². The molecule has 1 aliphatic carbocycles. The molecule has 1 rings (SSSR count). The molecular formula is C16H33NO2S. The first-order valence-corrected chi connectivity index (χ1v) is 9.07. The van der Waals surface area contributed by atoms with Crippen LogP contribution in [0.3, 0.4) is 0 Å². The van der Waals surface area contributed by atoms with Gasteiger partial charge in [0.2, 0.25) is 0 Å². The number of aliphatic hydroxyl groups is 2. The predicted octanol–water partition coefficient (Wildman–Crippen LogP) is 2.66. The van der Waals surface area contributed by atoms with Gasteiger partial charge < -0.3 is 15.5 Å². The lowest BCUT2D eigenvalue weighted by Gasteiger charge is -2.42. The Hall–Kier alpha value is 0.230. The summed E-state index contributed by atoms with van der Waals surface area (Å²) in [5.74, 6) is 1.40. The Kier molecular flexibility index (Phi) is 7.88. The van der Waals surface area contributed by atoms with E-state index in [4.69, 9.17) is 5.11 Å². The molecule has 0 spiro atoms. The van der Waals surface area contributed by atoms with Gasteiger partial charge in [-0.2, -0.15) is 11.8 Å². The van der Waals surface area contributed by atoms with Crippen LogP contribution >= 0.6 is 11.8 Å². The van der Waals surface area contributed by atoms with Crippen molar-refractivity contribution in [1.29, 1.82) is 0 Å². The van der Waals surface area contributed by atoms with Gasteiger partial charge in [-0.05, 0) is 43.6 Å². The molecule has 20 heavy (non-hydrogen) atoms. The molecule has 4 unspecified atom stereocenters. The third-order valence-electron chi connectivity index (χ3n) is 4.39. The first-order valence-electron chi connectivity index (χ1n) is 8.02. The standard InChI is InChI=1S/C16H33NO2S/c1-5-8-17-14-7-6-12(16(2,3)4)9-15(14)20-11-13(19)10-18/h12-15,17-19H,5-11H2,1-4H3. The number of hydrogen-bond donors (Lipinski definition) is 3. The molecule has 1 fully saturated rings. The minimum atomic E-state index is -0.582. The maximum Gasteiger partial charge on any atom is 0.0861 e. The van der Waals surface area contributed by atoms with Gasteiger partial charge in [0, 0.05) is 17.0 Å². The summed E-state index contributed by atoms with van der Waals surface area (Å²) >= 11 is 1.84. The second-order valence-electron chi connectivity index (χ2n) is 7.14. The van der Waals surface area contributed by atoms with E-state index < -0.39 is 6.10 Å². The summed E-state index contributed by atoms with van der Waals surface area (Å²) in [6, 6.07) is 0.560. The molecule has 0 amide bonds. The number of aliphatic hydroxyl groups excluding tert-OH is 2. The van der Waals surface area contributed by atoms with Gasteiger partial charge in [0.15, 0.2) is 0 Å². The average Bonchev–Trinajstić information content (AvgIpc) is 2.41. The van der Waals surface area contributed by atoms with Gasteiger partial charge >= 0.3 is 0 Å². The summed E-state index contributed by atoms with van der Waals surface area (Å²) in [5, 5.41) is 22.8. The predicted molar refractivity (Wildman–Crippen MR) is 88.2 cm³/mol. The molecule has 0 saturated heterocycles. The van der Waals surface area contributed by atoms with Crippen molar-refractivity contribution in [3.05, 3.63) is 0 Å². The lowest BCUT2D eigenvalue weighted by atomic mass is 9.71. The molecule has 0 aliphatic heterocycles. The molecule has 120 valence electrons. The van der Waals surface area contributed by atoms with Gasteiger partial charge in [-0.15, -0.1) is 0 Å². The molecule has 0 heterocycles. The van der Waals surface area contributed by atoms with Crippen LogP contribution in [-0.4, -0.2) is 46.5 Å². The maximum absolute atomic E-state index is 9.59. The molecule has 0 bridgehead atoms. The zero-order chi connectivity index (χ0) is 15.2.